The van der Waals surface area contributed by atoms with Crippen LogP contribution in [0.3, 0.4) is 0 Å². The van der Waals surface area contributed by atoms with Crippen LogP contribution < -0.4 is 10.5 Å². The number of carbonyl (C=O) groups is 1. The van der Waals surface area contributed by atoms with Gasteiger partial charge < -0.3 is 5.73 Å². The largest absolute Gasteiger partial charge is 0.329 e. The topological polar surface area (TPSA) is 89.3 Å². The smallest absolute Gasteiger partial charge is 0.241 e. The highest BCUT2D eigenvalue weighted by atomic mass is 35.5. The molecule has 1 atom stereocenters. The van der Waals surface area contributed by atoms with E-state index in [0.29, 0.717) is 17.9 Å². The average Bonchev–Trinajstić information content (AvgIpc) is 2.37. The molecule has 0 radical (unpaired) electrons. The lowest BCUT2D eigenvalue weighted by atomic mass is 9.92. The van der Waals surface area contributed by atoms with Gasteiger partial charge in [0.2, 0.25) is 10.0 Å². The summed E-state index contributed by atoms with van der Waals surface area (Å²) >= 11 is 0. The van der Waals surface area contributed by atoms with Gasteiger partial charge in [-0.1, -0.05) is 26.0 Å². The summed E-state index contributed by atoms with van der Waals surface area (Å²) in [6, 6.07) is 6.02. The lowest BCUT2D eigenvalue weighted by molar-refractivity contribution is 0.101. The van der Waals surface area contributed by atoms with Gasteiger partial charge in [0.25, 0.3) is 0 Å². The number of ketones is 1. The molecule has 0 saturated carbocycles. The summed E-state index contributed by atoms with van der Waals surface area (Å²) in [5.74, 6) is 0.139. The summed E-state index contributed by atoms with van der Waals surface area (Å²) in [6.07, 6.45) is 0.634. The molecule has 3 N–H and O–H groups in total. The summed E-state index contributed by atoms with van der Waals surface area (Å²) in [5.41, 5.74) is 5.40. The Morgan fingerprint density at radius 3 is 2.41 bits per heavy atom. The van der Waals surface area contributed by atoms with Gasteiger partial charge in [0.15, 0.2) is 5.78 Å². The Balaban J connectivity index is 0.00000441. The van der Waals surface area contributed by atoms with Crippen molar-refractivity contribution in [2.24, 2.45) is 11.7 Å². The standard InChI is InChI=1S/C15H24N2O3S.ClH/c1-11(2)9-15(4,10-16)17-21(19,20)14-7-5-6-13(8-14)12(3)18;/h5-8,11,17H,9-10,16H2,1-4H3;1H. The molecule has 0 aliphatic rings. The number of carbonyl (C=O) groups excluding carboxylic acids is 1. The van der Waals surface area contributed by atoms with Crippen molar-refractivity contribution in [3.8, 4) is 0 Å². The monoisotopic (exact) mass is 348 g/mol. The minimum absolute atomic E-state index is 0. The highest BCUT2D eigenvalue weighted by Crippen LogP contribution is 2.20. The second-order valence-corrected chi connectivity index (χ2v) is 7.73. The summed E-state index contributed by atoms with van der Waals surface area (Å²) in [5, 5.41) is 0. The number of hydrogen-bond donors (Lipinski definition) is 2. The van der Waals surface area contributed by atoms with Gasteiger partial charge in [0, 0.05) is 17.6 Å². The van der Waals surface area contributed by atoms with E-state index >= 15 is 0 Å². The van der Waals surface area contributed by atoms with Gasteiger partial charge in [0.05, 0.1) is 4.90 Å². The number of rotatable bonds is 7. The van der Waals surface area contributed by atoms with E-state index in [1.807, 2.05) is 13.8 Å². The number of benzene rings is 1. The fraction of sp³-hybridized carbons (Fsp3) is 0.533. The first-order valence-corrected chi connectivity index (χ1v) is 8.43. The molecule has 0 fully saturated rings. The Kier molecular flexibility index (Phi) is 7.71. The molecule has 126 valence electrons. The maximum atomic E-state index is 12.5. The first-order chi connectivity index (χ1) is 9.59. The van der Waals surface area contributed by atoms with Crippen LogP contribution in [0.15, 0.2) is 29.2 Å². The minimum atomic E-state index is -3.71. The lowest BCUT2D eigenvalue weighted by Crippen LogP contribution is -2.52. The SMILES string of the molecule is CC(=O)c1cccc(S(=O)(=O)NC(C)(CN)CC(C)C)c1.Cl. The highest BCUT2D eigenvalue weighted by molar-refractivity contribution is 7.89. The molecule has 22 heavy (non-hydrogen) atoms. The fourth-order valence-electron chi connectivity index (χ4n) is 2.33. The summed E-state index contributed by atoms with van der Waals surface area (Å²) in [6.45, 7) is 7.43. The first-order valence-electron chi connectivity index (χ1n) is 6.95. The molecule has 1 aromatic rings. The van der Waals surface area contributed by atoms with Gasteiger partial charge in [-0.05, 0) is 38.3 Å². The van der Waals surface area contributed by atoms with Crippen molar-refractivity contribution in [1.82, 2.24) is 4.72 Å². The van der Waals surface area contributed by atoms with Crippen LogP contribution in [0.2, 0.25) is 0 Å². The minimum Gasteiger partial charge on any atom is -0.329 e. The van der Waals surface area contributed by atoms with E-state index in [1.54, 1.807) is 19.1 Å². The van der Waals surface area contributed by atoms with Crippen LogP contribution in [0.25, 0.3) is 0 Å². The molecule has 1 rings (SSSR count). The normalized spacial score (nSPS) is 14.3. The predicted molar refractivity (Wildman–Crippen MR) is 90.9 cm³/mol. The van der Waals surface area contributed by atoms with Gasteiger partial charge in [0.1, 0.15) is 0 Å². The number of halogens is 1. The molecule has 0 amide bonds. The zero-order valence-electron chi connectivity index (χ0n) is 13.4. The molecule has 0 aliphatic carbocycles. The highest BCUT2D eigenvalue weighted by Gasteiger charge is 2.30. The Labute approximate surface area is 139 Å². The van der Waals surface area contributed by atoms with Crippen molar-refractivity contribution in [3.63, 3.8) is 0 Å². The van der Waals surface area contributed by atoms with E-state index in [4.69, 9.17) is 5.73 Å². The number of sulfonamides is 1. The zero-order valence-corrected chi connectivity index (χ0v) is 15.1. The van der Waals surface area contributed by atoms with Crippen molar-refractivity contribution in [2.45, 2.75) is 44.6 Å². The third kappa shape index (κ3) is 5.68. The van der Waals surface area contributed by atoms with Crippen molar-refractivity contribution in [1.29, 1.82) is 0 Å². The molecular formula is C15H25ClN2O3S. The van der Waals surface area contributed by atoms with Crippen LogP contribution in [0.4, 0.5) is 0 Å². The fourth-order valence-corrected chi connectivity index (χ4v) is 3.81. The second-order valence-electron chi connectivity index (χ2n) is 6.05. The van der Waals surface area contributed by atoms with Crippen LogP contribution in [0.5, 0.6) is 0 Å². The first kappa shape index (κ1) is 21.0. The van der Waals surface area contributed by atoms with E-state index in [2.05, 4.69) is 4.72 Å². The Morgan fingerprint density at radius 1 is 1.36 bits per heavy atom. The van der Waals surface area contributed by atoms with Crippen LogP contribution in [0.1, 0.15) is 44.5 Å². The molecule has 0 aliphatic heterocycles. The second kappa shape index (κ2) is 8.06. The molecular weight excluding hydrogens is 324 g/mol. The van der Waals surface area contributed by atoms with Gasteiger partial charge >= 0.3 is 0 Å². The van der Waals surface area contributed by atoms with E-state index in [9.17, 15) is 13.2 Å². The summed E-state index contributed by atoms with van der Waals surface area (Å²) in [7, 11) is -3.71. The van der Waals surface area contributed by atoms with Gasteiger partial charge in [-0.2, -0.15) is 0 Å². The zero-order chi connectivity index (χ0) is 16.3. The van der Waals surface area contributed by atoms with E-state index in [0.717, 1.165) is 0 Å². The van der Waals surface area contributed by atoms with Crippen molar-refractivity contribution < 1.29 is 13.2 Å². The summed E-state index contributed by atoms with van der Waals surface area (Å²) < 4.78 is 27.6. The number of nitrogens with two attached hydrogens (primary N) is 1. The third-order valence-electron chi connectivity index (χ3n) is 3.24. The van der Waals surface area contributed by atoms with E-state index in [1.165, 1.54) is 19.1 Å². The molecule has 1 unspecified atom stereocenters. The van der Waals surface area contributed by atoms with Crippen LogP contribution in [-0.4, -0.2) is 26.3 Å². The maximum Gasteiger partial charge on any atom is 0.241 e. The number of Topliss-reactive ketones (excluding diaryl/α,β-unsaturated/α-hetero) is 1. The third-order valence-corrected chi connectivity index (χ3v) is 4.88. The van der Waals surface area contributed by atoms with E-state index < -0.39 is 15.6 Å². The lowest BCUT2D eigenvalue weighted by Gasteiger charge is -2.30. The van der Waals surface area contributed by atoms with Gasteiger partial charge in [-0.3, -0.25) is 4.79 Å². The number of nitrogens with one attached hydrogen (secondary N) is 1. The molecule has 0 heterocycles. The van der Waals surface area contributed by atoms with Crippen LogP contribution in [-0.2, 0) is 10.0 Å². The molecule has 1 aromatic carbocycles. The molecule has 0 saturated heterocycles. The Hall–Kier alpha value is -0.950. The van der Waals surface area contributed by atoms with Gasteiger partial charge in [-0.15, -0.1) is 12.4 Å². The molecule has 0 aromatic heterocycles. The summed E-state index contributed by atoms with van der Waals surface area (Å²) in [4.78, 5) is 11.5. The maximum absolute atomic E-state index is 12.5. The molecule has 5 nitrogen and oxygen atoms in total. The predicted octanol–water partition coefficient (Wildman–Crippen LogP) is 2.35. The average molecular weight is 349 g/mol. The van der Waals surface area contributed by atoms with Crippen molar-refractivity contribution in [2.75, 3.05) is 6.54 Å². The van der Waals surface area contributed by atoms with E-state index in [-0.39, 0.29) is 29.6 Å². The van der Waals surface area contributed by atoms with Gasteiger partial charge in [-0.25, -0.2) is 13.1 Å². The molecule has 7 heteroatoms. The Morgan fingerprint density at radius 2 is 1.95 bits per heavy atom. The van der Waals surface area contributed by atoms with Crippen LogP contribution in [0, 0.1) is 5.92 Å². The quantitative estimate of drug-likeness (QED) is 0.740. The van der Waals surface area contributed by atoms with Crippen LogP contribution >= 0.6 is 12.4 Å². The van der Waals surface area contributed by atoms with Crippen molar-refractivity contribution in [3.05, 3.63) is 29.8 Å². The molecule has 0 spiro atoms. The van der Waals surface area contributed by atoms with Crippen molar-refractivity contribution >= 4 is 28.2 Å². The number of hydrogen-bond acceptors (Lipinski definition) is 4. The Bertz CT molecular complexity index is 617. The molecule has 0 bridgehead atoms.